The molecule has 4 atom stereocenters. The number of benzene rings is 2. The second-order valence-corrected chi connectivity index (χ2v) is 12.9. The average Bonchev–Trinajstić information content (AvgIpc) is 3.52. The Kier molecular flexibility index (Phi) is 3.83. The van der Waals surface area contributed by atoms with E-state index >= 15 is 0 Å². The lowest BCUT2D eigenvalue weighted by Gasteiger charge is -2.46. The average molecular weight is 453 g/mol. The Morgan fingerprint density at radius 3 is 2.38 bits per heavy atom. The Balaban J connectivity index is 1.79. The lowest BCUT2D eigenvalue weighted by molar-refractivity contribution is -0.728. The van der Waals surface area contributed by atoms with Crippen molar-refractivity contribution in [1.29, 1.82) is 0 Å². The first kappa shape index (κ1) is 20.9. The molecule has 0 spiro atoms. The molecule has 3 aliphatic rings. The highest BCUT2D eigenvalue weighted by atomic mass is 15.2. The molecule has 7 rings (SSSR count). The van der Waals surface area contributed by atoms with Crippen LogP contribution in [-0.2, 0) is 16.4 Å². The molecule has 0 saturated heterocycles. The van der Waals surface area contributed by atoms with Crippen molar-refractivity contribution >= 4 is 27.6 Å². The lowest BCUT2D eigenvalue weighted by Crippen LogP contribution is -2.66. The molecule has 3 heteroatoms. The monoisotopic (exact) mass is 452 g/mol. The maximum absolute atomic E-state index is 5.40. The van der Waals surface area contributed by atoms with Crippen LogP contribution < -0.4 is 4.57 Å². The molecule has 0 radical (unpaired) electrons. The second kappa shape index (κ2) is 6.22. The topological polar surface area (TPSA) is 21.2 Å². The smallest absolute Gasteiger partial charge is 0.216 e. The van der Waals surface area contributed by atoms with Crippen molar-refractivity contribution in [3.63, 3.8) is 0 Å². The van der Waals surface area contributed by atoms with Crippen LogP contribution in [-0.4, -0.2) is 9.38 Å². The highest BCUT2D eigenvalue weighted by Crippen LogP contribution is 2.55. The SMILES string of the molecule is CCC1(C)c2cccc3nc(C(C)(C)C)n4c5cc6c(cc5[n+](c4c23)C1(C)CC)C1CCC6C1. The number of fused-ring (bicyclic) bond motifs is 8. The summed E-state index contributed by atoms with van der Waals surface area (Å²) in [5.41, 5.74) is 10.0. The van der Waals surface area contributed by atoms with Crippen LogP contribution in [0, 0.1) is 0 Å². The first-order valence-corrected chi connectivity index (χ1v) is 13.5. The van der Waals surface area contributed by atoms with Gasteiger partial charge in [0.2, 0.25) is 5.82 Å². The maximum atomic E-state index is 5.40. The number of imidazole rings is 1. The fraction of sp³-hybridized carbons (Fsp3) is 0.548. The van der Waals surface area contributed by atoms with Crippen molar-refractivity contribution < 1.29 is 4.57 Å². The summed E-state index contributed by atoms with van der Waals surface area (Å²) < 4.78 is 5.33. The van der Waals surface area contributed by atoms with E-state index in [0.29, 0.717) is 0 Å². The van der Waals surface area contributed by atoms with E-state index in [-0.39, 0.29) is 16.4 Å². The molecule has 2 aliphatic carbocycles. The Morgan fingerprint density at radius 1 is 1.03 bits per heavy atom. The molecule has 1 saturated carbocycles. The van der Waals surface area contributed by atoms with E-state index < -0.39 is 0 Å². The molecule has 34 heavy (non-hydrogen) atoms. The predicted octanol–water partition coefficient (Wildman–Crippen LogP) is 7.40. The van der Waals surface area contributed by atoms with E-state index in [1.54, 1.807) is 11.1 Å². The second-order valence-electron chi connectivity index (χ2n) is 12.9. The Morgan fingerprint density at radius 2 is 1.74 bits per heavy atom. The Hall–Kier alpha value is -2.42. The first-order valence-electron chi connectivity index (χ1n) is 13.5. The van der Waals surface area contributed by atoms with Gasteiger partial charge in [-0.1, -0.05) is 53.7 Å². The molecule has 176 valence electrons. The molecule has 3 nitrogen and oxygen atoms in total. The number of nitrogens with zero attached hydrogens (tertiary/aromatic N) is 3. The van der Waals surface area contributed by atoms with E-state index in [4.69, 9.17) is 4.98 Å². The molecule has 1 aliphatic heterocycles. The van der Waals surface area contributed by atoms with Crippen LogP contribution in [0.15, 0.2) is 30.3 Å². The number of rotatable bonds is 2. The third-order valence-electron chi connectivity index (χ3n) is 10.4. The lowest BCUT2D eigenvalue weighted by atomic mass is 9.62. The molecule has 2 aromatic heterocycles. The van der Waals surface area contributed by atoms with Gasteiger partial charge in [-0.25, -0.2) is 9.55 Å². The number of hydrogen-bond acceptors (Lipinski definition) is 1. The van der Waals surface area contributed by atoms with Crippen molar-refractivity contribution in [3.8, 4) is 0 Å². The zero-order valence-corrected chi connectivity index (χ0v) is 21.9. The van der Waals surface area contributed by atoms with Gasteiger partial charge in [0.1, 0.15) is 5.54 Å². The number of hydrogen-bond donors (Lipinski definition) is 0. The van der Waals surface area contributed by atoms with Crippen LogP contribution in [0.5, 0.6) is 0 Å². The fourth-order valence-corrected chi connectivity index (χ4v) is 8.14. The minimum atomic E-state index is -0.0554. The highest BCUT2D eigenvalue weighted by Gasteiger charge is 2.55. The summed E-state index contributed by atoms with van der Waals surface area (Å²) in [6, 6.07) is 12.1. The molecule has 2 aromatic carbocycles. The molecule has 0 amide bonds. The van der Waals surface area contributed by atoms with Crippen molar-refractivity contribution in [2.24, 2.45) is 0 Å². The zero-order valence-electron chi connectivity index (χ0n) is 21.9. The highest BCUT2D eigenvalue weighted by molar-refractivity contribution is 5.98. The minimum absolute atomic E-state index is 0.0155. The van der Waals surface area contributed by atoms with Gasteiger partial charge in [0.25, 0.3) is 5.65 Å². The minimum Gasteiger partial charge on any atom is -0.216 e. The zero-order chi connectivity index (χ0) is 23.8. The van der Waals surface area contributed by atoms with Crippen molar-refractivity contribution in [2.75, 3.05) is 0 Å². The van der Waals surface area contributed by atoms with Gasteiger partial charge in [-0.05, 0) is 85.8 Å². The van der Waals surface area contributed by atoms with Gasteiger partial charge >= 0.3 is 0 Å². The summed E-state index contributed by atoms with van der Waals surface area (Å²) in [6.45, 7) is 16.7. The van der Waals surface area contributed by atoms with E-state index in [1.807, 2.05) is 0 Å². The van der Waals surface area contributed by atoms with Crippen molar-refractivity contribution in [1.82, 2.24) is 9.38 Å². The van der Waals surface area contributed by atoms with Gasteiger partial charge in [0, 0.05) is 10.8 Å². The van der Waals surface area contributed by atoms with E-state index in [2.05, 4.69) is 87.8 Å². The summed E-state index contributed by atoms with van der Waals surface area (Å²) in [6.07, 6.45) is 6.31. The predicted molar refractivity (Wildman–Crippen MR) is 140 cm³/mol. The summed E-state index contributed by atoms with van der Waals surface area (Å²) in [5, 5.41) is 1.37. The Labute approximate surface area is 203 Å². The van der Waals surface area contributed by atoms with Gasteiger partial charge in [0.15, 0.2) is 11.0 Å². The molecule has 3 heterocycles. The molecule has 1 fully saturated rings. The van der Waals surface area contributed by atoms with Gasteiger partial charge in [-0.2, -0.15) is 4.40 Å². The van der Waals surface area contributed by atoms with Crippen LogP contribution in [0.25, 0.3) is 27.6 Å². The number of aromatic nitrogens is 3. The summed E-state index contributed by atoms with van der Waals surface area (Å²) in [5.74, 6) is 2.70. The van der Waals surface area contributed by atoms with E-state index in [1.165, 1.54) is 52.7 Å². The van der Waals surface area contributed by atoms with Crippen LogP contribution in [0.4, 0.5) is 0 Å². The molecular weight excluding hydrogens is 414 g/mol. The first-order chi connectivity index (χ1) is 16.1. The van der Waals surface area contributed by atoms with Gasteiger partial charge in [-0.15, -0.1) is 0 Å². The third kappa shape index (κ3) is 2.17. The fourth-order valence-electron chi connectivity index (χ4n) is 8.14. The van der Waals surface area contributed by atoms with E-state index in [0.717, 1.165) is 30.2 Å². The van der Waals surface area contributed by atoms with Crippen molar-refractivity contribution in [2.45, 2.75) is 109 Å². The molecule has 4 aromatic rings. The molecule has 0 N–H and O–H groups in total. The largest absolute Gasteiger partial charge is 0.299 e. The van der Waals surface area contributed by atoms with Crippen molar-refractivity contribution in [3.05, 3.63) is 52.8 Å². The molecule has 2 bridgehead atoms. The summed E-state index contributed by atoms with van der Waals surface area (Å²) >= 11 is 0. The quantitative estimate of drug-likeness (QED) is 0.290. The van der Waals surface area contributed by atoms with Crippen LogP contribution in [0.3, 0.4) is 0 Å². The van der Waals surface area contributed by atoms with Gasteiger partial charge < -0.3 is 0 Å². The van der Waals surface area contributed by atoms with Gasteiger partial charge in [-0.3, -0.25) is 0 Å². The van der Waals surface area contributed by atoms with Gasteiger partial charge in [0.05, 0.1) is 10.9 Å². The van der Waals surface area contributed by atoms with E-state index in [9.17, 15) is 0 Å². The van der Waals surface area contributed by atoms with Crippen LogP contribution in [0.2, 0.25) is 0 Å². The van der Waals surface area contributed by atoms with Crippen LogP contribution in [0.1, 0.15) is 115 Å². The summed E-state index contributed by atoms with van der Waals surface area (Å²) in [4.78, 5) is 5.40. The maximum Gasteiger partial charge on any atom is 0.299 e. The summed E-state index contributed by atoms with van der Waals surface area (Å²) in [7, 11) is 0. The molecule has 4 unspecified atom stereocenters. The third-order valence-corrected chi connectivity index (χ3v) is 10.4. The Bertz CT molecular complexity index is 1530. The molecular formula is C31H38N3+. The normalized spacial score (nSPS) is 29.7. The van der Waals surface area contributed by atoms with Crippen LogP contribution >= 0.6 is 0 Å². The standard InChI is InChI=1S/C31H38N3/c1-8-30(6)22-11-10-12-23-26(22)27-33(28(32-23)29(3,4)5)24-16-20-18-13-14-19(15-18)21(20)17-25(24)34(27)31(30,7)9-2/h10-12,16-19H,8-9,13-15H2,1-7H3/q+1.